The quantitative estimate of drug-likeness (QED) is 0.668. The third-order valence-corrected chi connectivity index (χ3v) is 3.54. The highest BCUT2D eigenvalue weighted by atomic mass is 79.9. The van der Waals surface area contributed by atoms with Crippen LogP contribution in [0.5, 0.6) is 0 Å². The second-order valence-electron chi connectivity index (χ2n) is 3.85. The fourth-order valence-electron chi connectivity index (χ4n) is 2.05. The summed E-state index contributed by atoms with van der Waals surface area (Å²) in [5.74, 6) is 0. The van der Waals surface area contributed by atoms with Crippen LogP contribution in [0.4, 0.5) is 0 Å². The van der Waals surface area contributed by atoms with Crippen LogP contribution >= 0.6 is 40.7 Å². The van der Waals surface area contributed by atoms with Gasteiger partial charge in [0.05, 0.1) is 6.04 Å². The van der Waals surface area contributed by atoms with Gasteiger partial charge in [0, 0.05) is 37.9 Å². The smallest absolute Gasteiger partial charge is 0.111 e. The van der Waals surface area contributed by atoms with Crippen molar-refractivity contribution in [2.75, 3.05) is 26.2 Å². The normalized spacial score (nSPS) is 17.2. The van der Waals surface area contributed by atoms with Gasteiger partial charge < -0.3 is 5.32 Å². The largest absolute Gasteiger partial charge is 0.314 e. The molecule has 1 aromatic rings. The van der Waals surface area contributed by atoms with E-state index >= 15 is 0 Å². The third-order valence-electron chi connectivity index (χ3n) is 2.87. The van der Waals surface area contributed by atoms with E-state index in [9.17, 15) is 0 Å². The first-order valence-electron chi connectivity index (χ1n) is 5.50. The number of rotatable bonds is 3. The molecule has 18 heavy (non-hydrogen) atoms. The molecule has 6 heteroatoms. The van der Waals surface area contributed by atoms with Crippen LogP contribution in [0.3, 0.4) is 0 Å². The number of halogens is 3. The van der Waals surface area contributed by atoms with Gasteiger partial charge in [0.15, 0.2) is 0 Å². The molecule has 1 aliphatic heterocycles. The lowest BCUT2D eigenvalue weighted by Gasteiger charge is -2.33. The highest BCUT2D eigenvalue weighted by Crippen LogP contribution is 2.27. The SMILES string of the molecule is C=C[C@@H](c1cccnc1Br)N1CCNCC1.Cl.Cl. The first-order valence-corrected chi connectivity index (χ1v) is 6.30. The van der Waals surface area contributed by atoms with Crippen molar-refractivity contribution < 1.29 is 0 Å². The van der Waals surface area contributed by atoms with E-state index in [4.69, 9.17) is 0 Å². The lowest BCUT2D eigenvalue weighted by Crippen LogP contribution is -2.44. The Bertz CT molecular complexity index is 370. The predicted molar refractivity (Wildman–Crippen MR) is 83.8 cm³/mol. The molecule has 0 bridgehead atoms. The van der Waals surface area contributed by atoms with E-state index in [1.54, 1.807) is 6.20 Å². The van der Waals surface area contributed by atoms with Crippen LogP contribution in [0.25, 0.3) is 0 Å². The van der Waals surface area contributed by atoms with Crippen molar-refractivity contribution in [1.29, 1.82) is 0 Å². The van der Waals surface area contributed by atoms with Crippen molar-refractivity contribution in [3.8, 4) is 0 Å². The van der Waals surface area contributed by atoms with Crippen LogP contribution in [0, 0.1) is 0 Å². The van der Waals surface area contributed by atoms with Crippen LogP contribution < -0.4 is 5.32 Å². The van der Waals surface area contributed by atoms with Crippen LogP contribution in [0.15, 0.2) is 35.6 Å². The Morgan fingerprint density at radius 1 is 1.39 bits per heavy atom. The van der Waals surface area contributed by atoms with E-state index in [0.29, 0.717) is 0 Å². The number of hydrogen-bond donors (Lipinski definition) is 1. The summed E-state index contributed by atoms with van der Waals surface area (Å²) in [6, 6.07) is 4.33. The molecule has 1 aliphatic rings. The zero-order valence-electron chi connectivity index (χ0n) is 10.0. The van der Waals surface area contributed by atoms with E-state index in [-0.39, 0.29) is 30.9 Å². The van der Waals surface area contributed by atoms with Gasteiger partial charge in [-0.05, 0) is 22.0 Å². The maximum Gasteiger partial charge on any atom is 0.111 e. The Kier molecular flexibility index (Phi) is 8.82. The summed E-state index contributed by atoms with van der Waals surface area (Å²) in [5.41, 5.74) is 1.19. The average Bonchev–Trinajstić information content (AvgIpc) is 2.34. The Morgan fingerprint density at radius 2 is 2.06 bits per heavy atom. The van der Waals surface area contributed by atoms with Crippen LogP contribution in [0.1, 0.15) is 11.6 Å². The van der Waals surface area contributed by atoms with Gasteiger partial charge in [-0.1, -0.05) is 12.1 Å². The molecule has 2 rings (SSSR count). The molecule has 0 saturated carbocycles. The van der Waals surface area contributed by atoms with Crippen molar-refractivity contribution in [1.82, 2.24) is 15.2 Å². The molecule has 3 nitrogen and oxygen atoms in total. The number of nitrogens with one attached hydrogen (secondary N) is 1. The zero-order valence-corrected chi connectivity index (χ0v) is 13.2. The molecule has 2 heterocycles. The molecule has 1 saturated heterocycles. The molecular formula is C12H18BrCl2N3. The summed E-state index contributed by atoms with van der Waals surface area (Å²) in [7, 11) is 0. The topological polar surface area (TPSA) is 28.2 Å². The summed E-state index contributed by atoms with van der Waals surface area (Å²) in [6.45, 7) is 8.14. The lowest BCUT2D eigenvalue weighted by atomic mass is 10.1. The van der Waals surface area contributed by atoms with E-state index < -0.39 is 0 Å². The minimum absolute atomic E-state index is 0. The minimum Gasteiger partial charge on any atom is -0.314 e. The van der Waals surface area contributed by atoms with Crippen molar-refractivity contribution in [2.45, 2.75) is 6.04 Å². The fourth-order valence-corrected chi connectivity index (χ4v) is 2.54. The zero-order chi connectivity index (χ0) is 11.4. The molecule has 1 N–H and O–H groups in total. The summed E-state index contributed by atoms with van der Waals surface area (Å²) < 4.78 is 0.915. The first kappa shape index (κ1) is 17.9. The van der Waals surface area contributed by atoms with Crippen molar-refractivity contribution >= 4 is 40.7 Å². The average molecular weight is 355 g/mol. The number of nitrogens with zero attached hydrogens (tertiary/aromatic N) is 2. The second-order valence-corrected chi connectivity index (χ2v) is 4.60. The second kappa shape index (κ2) is 8.88. The van der Waals surface area contributed by atoms with Crippen molar-refractivity contribution in [3.63, 3.8) is 0 Å². The van der Waals surface area contributed by atoms with Crippen LogP contribution in [-0.2, 0) is 0 Å². The Hall–Kier alpha value is -0.130. The van der Waals surface area contributed by atoms with E-state index in [2.05, 4.69) is 43.8 Å². The Labute approximate surface area is 129 Å². The predicted octanol–water partition coefficient (Wildman–Crippen LogP) is 2.82. The first-order chi connectivity index (χ1) is 7.83. The highest BCUT2D eigenvalue weighted by molar-refractivity contribution is 9.10. The van der Waals surface area contributed by atoms with Crippen LogP contribution in [0.2, 0.25) is 0 Å². The Balaban J connectivity index is 0.00000144. The summed E-state index contributed by atoms with van der Waals surface area (Å²) in [4.78, 5) is 6.69. The highest BCUT2D eigenvalue weighted by Gasteiger charge is 2.21. The molecule has 1 fully saturated rings. The monoisotopic (exact) mass is 353 g/mol. The third kappa shape index (κ3) is 4.21. The maximum atomic E-state index is 4.27. The molecule has 102 valence electrons. The number of hydrogen-bond acceptors (Lipinski definition) is 3. The lowest BCUT2D eigenvalue weighted by molar-refractivity contribution is 0.203. The van der Waals surface area contributed by atoms with E-state index in [0.717, 1.165) is 30.8 Å². The number of pyridine rings is 1. The van der Waals surface area contributed by atoms with Gasteiger partial charge >= 0.3 is 0 Å². The molecular weight excluding hydrogens is 337 g/mol. The van der Waals surface area contributed by atoms with Gasteiger partial charge in [0.25, 0.3) is 0 Å². The van der Waals surface area contributed by atoms with Crippen molar-refractivity contribution in [2.24, 2.45) is 0 Å². The molecule has 1 aromatic heterocycles. The van der Waals surface area contributed by atoms with Gasteiger partial charge in [-0.2, -0.15) is 0 Å². The van der Waals surface area contributed by atoms with Gasteiger partial charge in [0.2, 0.25) is 0 Å². The van der Waals surface area contributed by atoms with E-state index in [1.807, 2.05) is 12.1 Å². The maximum absolute atomic E-state index is 4.27. The summed E-state index contributed by atoms with van der Waals surface area (Å²) in [5, 5.41) is 3.36. The molecule has 0 amide bonds. The van der Waals surface area contributed by atoms with Crippen molar-refractivity contribution in [3.05, 3.63) is 41.2 Å². The molecule has 0 spiro atoms. The standard InChI is InChI=1S/C12H16BrN3.2ClH/c1-2-11(16-8-6-14-7-9-16)10-4-3-5-15-12(10)13;;/h2-5,11,14H,1,6-9H2;2*1H/t11-;;/m0../s1. The van der Waals surface area contributed by atoms with Gasteiger partial charge in [-0.3, -0.25) is 4.90 Å². The van der Waals surface area contributed by atoms with E-state index in [1.165, 1.54) is 5.56 Å². The summed E-state index contributed by atoms with van der Waals surface area (Å²) >= 11 is 3.50. The number of piperazine rings is 1. The van der Waals surface area contributed by atoms with Gasteiger partial charge in [0.1, 0.15) is 4.60 Å². The molecule has 0 radical (unpaired) electrons. The fraction of sp³-hybridized carbons (Fsp3) is 0.417. The van der Waals surface area contributed by atoms with Crippen LogP contribution in [-0.4, -0.2) is 36.1 Å². The molecule has 0 aliphatic carbocycles. The van der Waals surface area contributed by atoms with Gasteiger partial charge in [-0.15, -0.1) is 31.4 Å². The van der Waals surface area contributed by atoms with Gasteiger partial charge in [-0.25, -0.2) is 4.98 Å². The Morgan fingerprint density at radius 3 is 2.61 bits per heavy atom. The molecule has 0 unspecified atom stereocenters. The molecule has 0 aromatic carbocycles. The number of aromatic nitrogens is 1. The molecule has 1 atom stereocenters. The summed E-state index contributed by atoms with van der Waals surface area (Å²) in [6.07, 6.45) is 3.79. The minimum atomic E-state index is 0.